The van der Waals surface area contributed by atoms with Crippen molar-refractivity contribution in [3.8, 4) is 28.0 Å². The van der Waals surface area contributed by atoms with Crippen LogP contribution in [0.3, 0.4) is 0 Å². The molecular formula is C19H16N4O. The zero-order valence-electron chi connectivity index (χ0n) is 12.9. The highest BCUT2D eigenvalue weighted by Gasteiger charge is 2.15. The summed E-state index contributed by atoms with van der Waals surface area (Å²) in [5, 5.41) is 21.3. The molecule has 24 heavy (non-hydrogen) atoms. The highest BCUT2D eigenvalue weighted by molar-refractivity contribution is 5.97. The molecule has 0 unspecified atom stereocenters. The molecule has 3 aromatic carbocycles. The van der Waals surface area contributed by atoms with E-state index < -0.39 is 0 Å². The predicted octanol–water partition coefficient (Wildman–Crippen LogP) is 3.46. The molecule has 0 saturated carbocycles. The maximum absolute atomic E-state index is 10.3. The van der Waals surface area contributed by atoms with E-state index in [0.717, 1.165) is 38.9 Å². The minimum atomic E-state index is 0.242. The smallest absolute Gasteiger partial charge is 0.123 e. The number of nitrogens with zero attached hydrogens (tertiary/aromatic N) is 2. The van der Waals surface area contributed by atoms with Crippen molar-refractivity contribution in [2.45, 2.75) is 6.54 Å². The van der Waals surface area contributed by atoms with Gasteiger partial charge in [-0.15, -0.1) is 5.10 Å². The van der Waals surface area contributed by atoms with Crippen molar-refractivity contribution in [1.29, 1.82) is 0 Å². The first-order chi connectivity index (χ1) is 11.8. The maximum Gasteiger partial charge on any atom is 0.123 e. The highest BCUT2D eigenvalue weighted by atomic mass is 16.3. The van der Waals surface area contributed by atoms with E-state index in [4.69, 9.17) is 5.73 Å². The standard InChI is InChI=1S/C19H16N4O/c20-11-12-8-9-13(14-4-1-2-7-18(14)24)16(10-12)15-5-3-6-17-19(15)22-23-21-17/h1-10,24H,11,20H2,(H,21,22,23). The zero-order valence-corrected chi connectivity index (χ0v) is 12.9. The average molecular weight is 316 g/mol. The third kappa shape index (κ3) is 2.31. The van der Waals surface area contributed by atoms with Gasteiger partial charge in [-0.25, -0.2) is 0 Å². The molecular weight excluding hydrogens is 300 g/mol. The number of aromatic hydroxyl groups is 1. The van der Waals surface area contributed by atoms with Crippen molar-refractivity contribution in [3.63, 3.8) is 0 Å². The molecule has 0 radical (unpaired) electrons. The lowest BCUT2D eigenvalue weighted by Crippen LogP contribution is -1.97. The Hall–Kier alpha value is -3.18. The number of hydrogen-bond donors (Lipinski definition) is 3. The van der Waals surface area contributed by atoms with Crippen molar-refractivity contribution < 1.29 is 5.11 Å². The van der Waals surface area contributed by atoms with Crippen molar-refractivity contribution >= 4 is 11.0 Å². The molecule has 0 bridgehead atoms. The predicted molar refractivity (Wildman–Crippen MR) is 94.3 cm³/mol. The second-order valence-electron chi connectivity index (χ2n) is 5.61. The lowest BCUT2D eigenvalue weighted by molar-refractivity contribution is 0.477. The van der Waals surface area contributed by atoms with Crippen LogP contribution in [0.4, 0.5) is 0 Å². The molecule has 4 aromatic rings. The third-order valence-corrected chi connectivity index (χ3v) is 4.16. The zero-order chi connectivity index (χ0) is 16.5. The van der Waals surface area contributed by atoms with Crippen molar-refractivity contribution in [1.82, 2.24) is 15.4 Å². The molecule has 0 aliphatic heterocycles. The molecule has 0 amide bonds. The lowest BCUT2D eigenvalue weighted by Gasteiger charge is -2.13. The first kappa shape index (κ1) is 14.4. The van der Waals surface area contributed by atoms with Gasteiger partial charge in [0.15, 0.2) is 0 Å². The Morgan fingerprint density at radius 1 is 0.875 bits per heavy atom. The fraction of sp³-hybridized carbons (Fsp3) is 0.0526. The summed E-state index contributed by atoms with van der Waals surface area (Å²) >= 11 is 0. The Kier molecular flexibility index (Phi) is 3.48. The summed E-state index contributed by atoms with van der Waals surface area (Å²) in [6, 6.07) is 19.2. The number of phenolic OH excluding ortho intramolecular Hbond substituents is 1. The molecule has 0 aliphatic rings. The topological polar surface area (TPSA) is 87.8 Å². The number of nitrogens with two attached hydrogens (primary N) is 1. The van der Waals surface area contributed by atoms with Crippen LogP contribution in [-0.2, 0) is 6.54 Å². The number of fused-ring (bicyclic) bond motifs is 1. The van der Waals surface area contributed by atoms with Crippen LogP contribution in [0.1, 0.15) is 5.56 Å². The molecule has 5 heteroatoms. The molecule has 4 N–H and O–H groups in total. The quantitative estimate of drug-likeness (QED) is 0.540. The largest absolute Gasteiger partial charge is 0.507 e. The normalized spacial score (nSPS) is 11.0. The van der Waals surface area contributed by atoms with Crippen molar-refractivity contribution in [2.75, 3.05) is 0 Å². The fourth-order valence-corrected chi connectivity index (χ4v) is 2.97. The second kappa shape index (κ2) is 5.79. The van der Waals surface area contributed by atoms with Gasteiger partial charge in [-0.05, 0) is 34.9 Å². The SMILES string of the molecule is NCc1ccc(-c2ccccc2O)c(-c2cccc3[nH]nnc23)c1. The number of para-hydroxylation sites is 1. The summed E-state index contributed by atoms with van der Waals surface area (Å²) < 4.78 is 0. The van der Waals surface area contributed by atoms with E-state index in [2.05, 4.69) is 15.4 Å². The van der Waals surface area contributed by atoms with Crippen LogP contribution < -0.4 is 5.73 Å². The van der Waals surface area contributed by atoms with Gasteiger partial charge in [0.05, 0.1) is 5.52 Å². The van der Waals surface area contributed by atoms with Gasteiger partial charge in [-0.1, -0.05) is 47.7 Å². The Bertz CT molecular complexity index is 1020. The van der Waals surface area contributed by atoms with E-state index in [-0.39, 0.29) is 5.75 Å². The highest BCUT2D eigenvalue weighted by Crippen LogP contribution is 2.39. The summed E-state index contributed by atoms with van der Waals surface area (Å²) in [5.74, 6) is 0.242. The third-order valence-electron chi connectivity index (χ3n) is 4.16. The van der Waals surface area contributed by atoms with E-state index in [9.17, 15) is 5.11 Å². The Labute approximate surface area is 138 Å². The van der Waals surface area contributed by atoms with Crippen LogP contribution in [0, 0.1) is 0 Å². The van der Waals surface area contributed by atoms with Crippen molar-refractivity contribution in [3.05, 3.63) is 66.2 Å². The van der Waals surface area contributed by atoms with Gasteiger partial charge >= 0.3 is 0 Å². The molecule has 0 saturated heterocycles. The molecule has 0 atom stereocenters. The Morgan fingerprint density at radius 2 is 1.71 bits per heavy atom. The van der Waals surface area contributed by atoms with Crippen LogP contribution >= 0.6 is 0 Å². The molecule has 5 nitrogen and oxygen atoms in total. The van der Waals surface area contributed by atoms with Gasteiger partial charge in [0, 0.05) is 17.7 Å². The number of aromatic amines is 1. The van der Waals surface area contributed by atoms with Crippen LogP contribution in [0.2, 0.25) is 0 Å². The van der Waals surface area contributed by atoms with Crippen molar-refractivity contribution in [2.24, 2.45) is 5.73 Å². The number of hydrogen-bond acceptors (Lipinski definition) is 4. The van der Waals surface area contributed by atoms with Gasteiger partial charge in [0.25, 0.3) is 0 Å². The minimum Gasteiger partial charge on any atom is -0.507 e. The molecule has 0 aliphatic carbocycles. The number of phenols is 1. The Balaban J connectivity index is 2.03. The number of benzene rings is 3. The number of nitrogens with one attached hydrogen (secondary N) is 1. The average Bonchev–Trinajstić information content (AvgIpc) is 3.10. The van der Waals surface area contributed by atoms with E-state index >= 15 is 0 Å². The van der Waals surface area contributed by atoms with E-state index in [1.165, 1.54) is 0 Å². The molecule has 4 rings (SSSR count). The summed E-state index contributed by atoms with van der Waals surface area (Å²) in [4.78, 5) is 0. The molecule has 1 heterocycles. The van der Waals surface area contributed by atoms with Gasteiger partial charge in [0.1, 0.15) is 11.3 Å². The van der Waals surface area contributed by atoms with E-state index in [1.807, 2.05) is 54.6 Å². The van der Waals surface area contributed by atoms with Crippen LogP contribution in [-0.4, -0.2) is 20.5 Å². The van der Waals surface area contributed by atoms with Gasteiger partial charge in [-0.2, -0.15) is 0 Å². The molecule has 0 spiro atoms. The summed E-state index contributed by atoms with van der Waals surface area (Å²) in [7, 11) is 0. The van der Waals surface area contributed by atoms with E-state index in [1.54, 1.807) is 6.07 Å². The van der Waals surface area contributed by atoms with Gasteiger partial charge in [0.2, 0.25) is 0 Å². The monoisotopic (exact) mass is 316 g/mol. The first-order valence-corrected chi connectivity index (χ1v) is 7.69. The number of H-pyrrole nitrogens is 1. The molecule has 118 valence electrons. The molecule has 1 aromatic heterocycles. The summed E-state index contributed by atoms with van der Waals surface area (Å²) in [6.07, 6.45) is 0. The lowest BCUT2D eigenvalue weighted by atomic mass is 9.91. The van der Waals surface area contributed by atoms with Gasteiger partial charge in [-0.3, -0.25) is 5.10 Å². The molecule has 0 fully saturated rings. The van der Waals surface area contributed by atoms with E-state index in [0.29, 0.717) is 6.54 Å². The van der Waals surface area contributed by atoms with Crippen LogP contribution in [0.15, 0.2) is 60.7 Å². The fourth-order valence-electron chi connectivity index (χ4n) is 2.97. The van der Waals surface area contributed by atoms with Crippen LogP contribution in [0.25, 0.3) is 33.3 Å². The second-order valence-corrected chi connectivity index (χ2v) is 5.61. The first-order valence-electron chi connectivity index (χ1n) is 7.69. The van der Waals surface area contributed by atoms with Gasteiger partial charge < -0.3 is 10.8 Å². The Morgan fingerprint density at radius 3 is 2.54 bits per heavy atom. The maximum atomic E-state index is 10.3. The number of aromatic nitrogens is 3. The summed E-state index contributed by atoms with van der Waals surface area (Å²) in [5.41, 5.74) is 12.1. The summed E-state index contributed by atoms with van der Waals surface area (Å²) in [6.45, 7) is 0.447. The number of rotatable bonds is 3. The van der Waals surface area contributed by atoms with Crippen LogP contribution in [0.5, 0.6) is 5.75 Å². The minimum absolute atomic E-state index is 0.242.